The average Bonchev–Trinajstić information content (AvgIpc) is 3.61. The monoisotopic (exact) mass is 727 g/mol. The molecule has 0 radical (unpaired) electrons. The molecule has 0 spiro atoms. The van der Waals surface area contributed by atoms with Gasteiger partial charge in [0.1, 0.15) is 11.6 Å². The summed E-state index contributed by atoms with van der Waals surface area (Å²) >= 11 is 0. The zero-order valence-electron chi connectivity index (χ0n) is 30.5. The number of halogens is 2. The number of nitrogens with one attached hydrogen (secondary N) is 2. The Labute approximate surface area is 302 Å². The zero-order chi connectivity index (χ0) is 37.2. The second-order valence-electron chi connectivity index (χ2n) is 15.5. The maximum atomic E-state index is 13.7. The smallest absolute Gasteiger partial charge is 0.412 e. The van der Waals surface area contributed by atoms with Crippen molar-refractivity contribution in [3.63, 3.8) is 0 Å². The Bertz CT molecular complexity index is 1810. The molecule has 6 rings (SSSR count). The maximum Gasteiger partial charge on any atom is 0.412 e. The van der Waals surface area contributed by atoms with Crippen molar-refractivity contribution in [1.29, 1.82) is 0 Å². The number of nitrogens with zero attached hydrogens (tertiary/aromatic N) is 5. The number of carbonyl (C=O) groups excluding carboxylic acids is 3. The number of rotatable bonds is 11. The number of fused-ring (bicyclic) bond motifs is 1. The number of hydrogen-bond donors (Lipinski definition) is 2. The van der Waals surface area contributed by atoms with E-state index in [4.69, 9.17) is 9.47 Å². The first kappa shape index (κ1) is 37.6. The molecule has 3 aliphatic rings. The number of likely N-dealkylation sites (tertiary alicyclic amines) is 1. The van der Waals surface area contributed by atoms with Crippen LogP contribution in [0.25, 0.3) is 11.0 Å². The largest absolute Gasteiger partial charge is 0.444 e. The molecule has 52 heavy (non-hydrogen) atoms. The quantitative estimate of drug-likeness (QED) is 0.191. The summed E-state index contributed by atoms with van der Waals surface area (Å²) in [5, 5.41) is 8.95. The fourth-order valence-corrected chi connectivity index (χ4v) is 7.80. The first-order chi connectivity index (χ1) is 24.8. The Morgan fingerprint density at radius 3 is 2.44 bits per heavy atom. The molecular weight excluding hydrogens is 676 g/mol. The Kier molecular flexibility index (Phi) is 11.5. The van der Waals surface area contributed by atoms with Crippen LogP contribution in [-0.2, 0) is 32.5 Å². The van der Waals surface area contributed by atoms with Crippen molar-refractivity contribution in [3.05, 3.63) is 46.1 Å². The summed E-state index contributed by atoms with van der Waals surface area (Å²) in [5.74, 6) is -0.209. The number of carbonyl (C=O) groups is 3. The van der Waals surface area contributed by atoms with Crippen LogP contribution in [0.5, 0.6) is 0 Å². The molecule has 1 saturated carbocycles. The molecule has 3 amide bonds. The first-order valence-corrected chi connectivity index (χ1v) is 18.5. The van der Waals surface area contributed by atoms with Gasteiger partial charge in [0, 0.05) is 45.9 Å². The SMILES string of the molecule is Cn1c(=O)n(C2CCC(=O)NC2=O)c2ccc(CCCOC3CCN(CC4CCC(n5cc(NC(=O)OC(C)(C)C)c(C(F)F)n5)CC4)CC3)cc21. The molecule has 284 valence electrons. The Hall–Kier alpha value is -4.11. The normalized spacial score (nSPS) is 22.2. The molecule has 4 heterocycles. The van der Waals surface area contributed by atoms with E-state index in [0.29, 0.717) is 24.5 Å². The molecule has 1 aromatic carbocycles. The van der Waals surface area contributed by atoms with Gasteiger partial charge in [0.15, 0.2) is 5.69 Å². The van der Waals surface area contributed by atoms with Gasteiger partial charge in [0.2, 0.25) is 11.8 Å². The predicted octanol–water partition coefficient (Wildman–Crippen LogP) is 5.64. The maximum absolute atomic E-state index is 13.7. The summed E-state index contributed by atoms with van der Waals surface area (Å²) in [6.07, 6.45) is 5.94. The lowest BCUT2D eigenvalue weighted by molar-refractivity contribution is -0.135. The van der Waals surface area contributed by atoms with E-state index in [-0.39, 0.29) is 35.9 Å². The fourth-order valence-electron chi connectivity index (χ4n) is 7.80. The third-order valence-electron chi connectivity index (χ3n) is 10.5. The molecule has 13 nitrogen and oxygen atoms in total. The number of amides is 3. The minimum atomic E-state index is -2.81. The molecular formula is C37H51F2N7O6. The van der Waals surface area contributed by atoms with Gasteiger partial charge in [-0.3, -0.25) is 34.0 Å². The molecule has 3 fully saturated rings. The molecule has 0 bridgehead atoms. The van der Waals surface area contributed by atoms with Crippen molar-refractivity contribution in [3.8, 4) is 0 Å². The van der Waals surface area contributed by atoms with E-state index in [1.54, 1.807) is 37.1 Å². The lowest BCUT2D eigenvalue weighted by Crippen LogP contribution is -2.44. The average molecular weight is 728 g/mol. The molecule has 15 heteroatoms. The fraction of sp³-hybridized carbons (Fsp3) is 0.649. The summed E-state index contributed by atoms with van der Waals surface area (Å²) in [6.45, 7) is 8.78. The van der Waals surface area contributed by atoms with E-state index in [1.165, 1.54) is 10.8 Å². The third kappa shape index (κ3) is 8.91. The van der Waals surface area contributed by atoms with Crippen molar-refractivity contribution in [2.24, 2.45) is 13.0 Å². The Morgan fingerprint density at radius 1 is 1.04 bits per heavy atom. The molecule has 2 N–H and O–H groups in total. The number of hydrogen-bond acceptors (Lipinski definition) is 8. The lowest BCUT2D eigenvalue weighted by Gasteiger charge is -2.36. The molecule has 2 aromatic heterocycles. The second-order valence-corrected chi connectivity index (χ2v) is 15.5. The summed E-state index contributed by atoms with van der Waals surface area (Å²) in [7, 11) is 1.70. The van der Waals surface area contributed by atoms with Gasteiger partial charge in [-0.15, -0.1) is 0 Å². The van der Waals surface area contributed by atoms with Crippen LogP contribution in [0.4, 0.5) is 19.3 Å². The van der Waals surface area contributed by atoms with Crippen LogP contribution in [0.3, 0.4) is 0 Å². The van der Waals surface area contributed by atoms with Crippen LogP contribution >= 0.6 is 0 Å². The molecule has 2 saturated heterocycles. The summed E-state index contributed by atoms with van der Waals surface area (Å²) < 4.78 is 43.6. The van der Waals surface area contributed by atoms with Crippen molar-refractivity contribution in [2.75, 3.05) is 31.6 Å². The van der Waals surface area contributed by atoms with Gasteiger partial charge in [-0.05, 0) is 102 Å². The van der Waals surface area contributed by atoms with E-state index < -0.39 is 35.8 Å². The minimum Gasteiger partial charge on any atom is -0.444 e. The zero-order valence-corrected chi connectivity index (χ0v) is 30.5. The van der Waals surface area contributed by atoms with Crippen LogP contribution in [0.2, 0.25) is 0 Å². The lowest BCUT2D eigenvalue weighted by atomic mass is 9.85. The van der Waals surface area contributed by atoms with Crippen molar-refractivity contribution < 1.29 is 32.6 Å². The predicted molar refractivity (Wildman–Crippen MR) is 190 cm³/mol. The molecule has 1 aliphatic carbocycles. The van der Waals surface area contributed by atoms with Gasteiger partial charge in [-0.1, -0.05) is 6.07 Å². The van der Waals surface area contributed by atoms with Crippen LogP contribution in [0.15, 0.2) is 29.2 Å². The van der Waals surface area contributed by atoms with Crippen LogP contribution in [0.1, 0.15) is 108 Å². The van der Waals surface area contributed by atoms with Gasteiger partial charge in [-0.25, -0.2) is 18.4 Å². The minimum absolute atomic E-state index is 0.00898. The van der Waals surface area contributed by atoms with E-state index in [9.17, 15) is 28.0 Å². The summed E-state index contributed by atoms with van der Waals surface area (Å²) in [4.78, 5) is 51.9. The molecule has 1 atom stereocenters. The van der Waals surface area contributed by atoms with Crippen molar-refractivity contribution in [1.82, 2.24) is 29.1 Å². The summed E-state index contributed by atoms with van der Waals surface area (Å²) in [6, 6.07) is 5.20. The van der Waals surface area contributed by atoms with E-state index in [2.05, 4.69) is 20.6 Å². The number of imidazole rings is 1. The van der Waals surface area contributed by atoms with E-state index in [1.807, 2.05) is 18.2 Å². The highest BCUT2D eigenvalue weighted by Crippen LogP contribution is 2.36. The molecule has 3 aromatic rings. The number of benzene rings is 1. The number of piperidine rings is 2. The summed E-state index contributed by atoms with van der Waals surface area (Å²) in [5.41, 5.74) is 1.08. The second kappa shape index (κ2) is 15.9. The topological polar surface area (TPSA) is 142 Å². The first-order valence-electron chi connectivity index (χ1n) is 18.5. The van der Waals surface area contributed by atoms with Gasteiger partial charge in [0.05, 0.1) is 28.9 Å². The number of alkyl halides is 2. The number of aromatic nitrogens is 4. The highest BCUT2D eigenvalue weighted by atomic mass is 19.3. The highest BCUT2D eigenvalue weighted by molar-refractivity contribution is 6.00. The molecule has 1 unspecified atom stereocenters. The Balaban J connectivity index is 0.909. The van der Waals surface area contributed by atoms with Crippen molar-refractivity contribution >= 4 is 34.6 Å². The number of ether oxygens (including phenoxy) is 2. The van der Waals surface area contributed by atoms with Crippen LogP contribution in [0, 0.1) is 5.92 Å². The Morgan fingerprint density at radius 2 is 1.77 bits per heavy atom. The van der Waals surface area contributed by atoms with Gasteiger partial charge in [0.25, 0.3) is 6.43 Å². The van der Waals surface area contributed by atoms with Crippen molar-refractivity contribution in [2.45, 2.75) is 115 Å². The van der Waals surface area contributed by atoms with Gasteiger partial charge in [-0.2, -0.15) is 5.10 Å². The van der Waals surface area contributed by atoms with E-state index >= 15 is 0 Å². The number of aryl methyl sites for hydroxylation is 2. The highest BCUT2D eigenvalue weighted by Gasteiger charge is 2.32. The third-order valence-corrected chi connectivity index (χ3v) is 10.5. The standard InChI is InChI=1S/C37H51F2N7O6/c1-37(2,3)52-35(49)40-27-22-45(42-32(27)33(38)39)25-10-7-24(8-11-25)21-44-17-15-26(16-18-44)51-19-5-6-23-9-12-28-30(20-23)43(4)36(50)46(28)29-13-14-31(47)41-34(29)48/h9,12,20,22,24-26,29,33H,5-8,10-11,13-19,21H2,1-4H3,(H,40,49)(H,41,47,48). The number of anilines is 1. The van der Waals surface area contributed by atoms with Gasteiger partial charge < -0.3 is 14.4 Å². The molecule has 2 aliphatic heterocycles. The van der Waals surface area contributed by atoms with E-state index in [0.717, 1.165) is 82.1 Å². The van der Waals surface area contributed by atoms with Crippen LogP contribution in [-0.4, -0.2) is 79.7 Å². The van der Waals surface area contributed by atoms with Crippen LogP contribution < -0.4 is 16.3 Å². The number of imide groups is 1. The van der Waals surface area contributed by atoms with Gasteiger partial charge >= 0.3 is 11.8 Å².